The molecule has 128 valence electrons. The van der Waals surface area contributed by atoms with Crippen LogP contribution in [0.1, 0.15) is 39.0 Å². The third kappa shape index (κ3) is 4.94. The highest BCUT2D eigenvalue weighted by atomic mass is 32.2. The molecule has 1 saturated carbocycles. The molecule has 1 atom stereocenters. The van der Waals surface area contributed by atoms with Crippen LogP contribution in [0, 0.1) is 0 Å². The van der Waals surface area contributed by atoms with E-state index in [4.69, 9.17) is 5.11 Å². The average Bonchev–Trinajstić information content (AvgIpc) is 3.02. The molecular weight excluding hydrogens is 316 g/mol. The molecule has 3 N–H and O–H groups in total. The van der Waals surface area contributed by atoms with Crippen molar-refractivity contribution in [1.82, 2.24) is 5.32 Å². The smallest absolute Gasteiger partial charge is 0.319 e. The third-order valence-corrected chi connectivity index (χ3v) is 6.27. The summed E-state index contributed by atoms with van der Waals surface area (Å²) < 4.78 is 25.1. The Balaban J connectivity index is 2.01. The fraction of sp³-hybridized carbons (Fsp3) is 0.562. The quantitative estimate of drug-likeness (QED) is 0.740. The van der Waals surface area contributed by atoms with Crippen LogP contribution >= 0.6 is 0 Å². The van der Waals surface area contributed by atoms with Crippen molar-refractivity contribution in [3.05, 3.63) is 24.3 Å². The summed E-state index contributed by atoms with van der Waals surface area (Å²) in [5, 5.41) is 14.1. The number of carbonyl (C=O) groups is 1. The van der Waals surface area contributed by atoms with E-state index in [0.29, 0.717) is 31.5 Å². The van der Waals surface area contributed by atoms with Gasteiger partial charge in [-0.1, -0.05) is 18.9 Å². The van der Waals surface area contributed by atoms with Crippen molar-refractivity contribution < 1.29 is 18.3 Å². The van der Waals surface area contributed by atoms with Gasteiger partial charge in [0, 0.05) is 12.2 Å². The summed E-state index contributed by atoms with van der Waals surface area (Å²) in [5.41, 5.74) is 0.443. The van der Waals surface area contributed by atoms with Crippen LogP contribution < -0.4 is 10.6 Å². The lowest BCUT2D eigenvalue weighted by Crippen LogP contribution is -2.31. The van der Waals surface area contributed by atoms with Crippen LogP contribution in [-0.4, -0.2) is 37.5 Å². The first-order chi connectivity index (χ1) is 10.9. The van der Waals surface area contributed by atoms with Crippen molar-refractivity contribution in [2.75, 3.05) is 11.9 Å². The van der Waals surface area contributed by atoms with Crippen LogP contribution in [0.3, 0.4) is 0 Å². The second-order valence-corrected chi connectivity index (χ2v) is 8.23. The van der Waals surface area contributed by atoms with Crippen molar-refractivity contribution in [3.63, 3.8) is 0 Å². The van der Waals surface area contributed by atoms with E-state index in [9.17, 15) is 13.2 Å². The minimum absolute atomic E-state index is 0.256. The zero-order valence-corrected chi connectivity index (χ0v) is 14.1. The van der Waals surface area contributed by atoms with Crippen LogP contribution in [0.2, 0.25) is 0 Å². The summed E-state index contributed by atoms with van der Waals surface area (Å²) in [6.45, 7) is 2.00. The summed E-state index contributed by atoms with van der Waals surface area (Å²) >= 11 is 0. The Morgan fingerprint density at radius 1 is 1.35 bits per heavy atom. The molecule has 0 aromatic heterocycles. The largest absolute Gasteiger partial charge is 0.393 e. The van der Waals surface area contributed by atoms with Gasteiger partial charge in [-0.2, -0.15) is 0 Å². The molecule has 1 aliphatic rings. The van der Waals surface area contributed by atoms with Gasteiger partial charge in [-0.05, 0) is 44.4 Å². The number of urea groups is 1. The van der Waals surface area contributed by atoms with E-state index in [0.717, 1.165) is 12.8 Å². The van der Waals surface area contributed by atoms with Gasteiger partial charge in [0.15, 0.2) is 9.84 Å². The highest BCUT2D eigenvalue weighted by Gasteiger charge is 2.30. The zero-order chi connectivity index (χ0) is 16.9. The molecule has 2 amide bonds. The molecule has 0 bridgehead atoms. The zero-order valence-electron chi connectivity index (χ0n) is 13.3. The van der Waals surface area contributed by atoms with E-state index >= 15 is 0 Å². The Labute approximate surface area is 137 Å². The van der Waals surface area contributed by atoms with Crippen LogP contribution in [-0.2, 0) is 9.84 Å². The number of carbonyl (C=O) groups excluding carboxylic acids is 1. The van der Waals surface area contributed by atoms with Crippen molar-refractivity contribution in [2.45, 2.75) is 55.3 Å². The minimum Gasteiger partial charge on any atom is -0.393 e. The van der Waals surface area contributed by atoms with E-state index < -0.39 is 22.0 Å². The molecule has 1 aromatic rings. The normalized spacial score (nSPS) is 17.0. The molecule has 0 unspecified atom stereocenters. The van der Waals surface area contributed by atoms with Crippen molar-refractivity contribution in [3.8, 4) is 0 Å². The second kappa shape index (κ2) is 7.79. The fourth-order valence-electron chi connectivity index (χ4n) is 2.71. The second-order valence-electron chi connectivity index (χ2n) is 6.00. The lowest BCUT2D eigenvalue weighted by molar-refractivity contribution is 0.184. The van der Waals surface area contributed by atoms with Crippen LogP contribution in [0.25, 0.3) is 0 Å². The molecule has 0 spiro atoms. The van der Waals surface area contributed by atoms with E-state index in [2.05, 4.69) is 10.6 Å². The molecule has 23 heavy (non-hydrogen) atoms. The highest BCUT2D eigenvalue weighted by Crippen LogP contribution is 2.30. The van der Waals surface area contributed by atoms with Crippen molar-refractivity contribution in [2.24, 2.45) is 0 Å². The summed E-state index contributed by atoms with van der Waals surface area (Å²) in [7, 11) is -3.33. The third-order valence-electron chi connectivity index (χ3n) is 4.01. The minimum atomic E-state index is -3.33. The van der Waals surface area contributed by atoms with E-state index in [1.165, 1.54) is 6.07 Å². The fourth-order valence-corrected chi connectivity index (χ4v) is 4.61. The first-order valence-electron chi connectivity index (χ1n) is 7.96. The Morgan fingerprint density at radius 3 is 2.70 bits per heavy atom. The predicted octanol–water partition coefficient (Wildman–Crippen LogP) is 2.30. The van der Waals surface area contributed by atoms with Gasteiger partial charge in [-0.25, -0.2) is 13.2 Å². The van der Waals surface area contributed by atoms with Gasteiger partial charge in [0.05, 0.1) is 16.2 Å². The Kier molecular flexibility index (Phi) is 6.01. The summed E-state index contributed by atoms with van der Waals surface area (Å²) in [6.07, 6.45) is 3.31. The monoisotopic (exact) mass is 340 g/mol. The van der Waals surface area contributed by atoms with Crippen LogP contribution in [0.5, 0.6) is 0 Å². The first kappa shape index (κ1) is 17.7. The highest BCUT2D eigenvalue weighted by molar-refractivity contribution is 7.92. The molecule has 6 nitrogen and oxygen atoms in total. The Morgan fingerprint density at radius 2 is 2.04 bits per heavy atom. The number of aliphatic hydroxyl groups excluding tert-OH is 1. The van der Waals surface area contributed by atoms with Gasteiger partial charge < -0.3 is 15.7 Å². The maximum atomic E-state index is 12.6. The van der Waals surface area contributed by atoms with Gasteiger partial charge in [0.25, 0.3) is 0 Å². The topological polar surface area (TPSA) is 95.5 Å². The van der Waals surface area contributed by atoms with Gasteiger partial charge in [-0.15, -0.1) is 0 Å². The number of sulfone groups is 1. The number of hydrogen-bond donors (Lipinski definition) is 3. The van der Waals surface area contributed by atoms with E-state index in [-0.39, 0.29) is 10.1 Å². The molecule has 7 heteroatoms. The van der Waals surface area contributed by atoms with E-state index in [1.54, 1.807) is 25.1 Å². The van der Waals surface area contributed by atoms with Gasteiger partial charge in [0.1, 0.15) is 0 Å². The summed E-state index contributed by atoms with van der Waals surface area (Å²) in [4.78, 5) is 12.0. The number of hydrogen-bond acceptors (Lipinski definition) is 4. The number of aliphatic hydroxyl groups is 1. The molecular formula is C16H24N2O4S. The number of rotatable bonds is 6. The number of nitrogens with one attached hydrogen (secondary N) is 2. The molecule has 1 aromatic carbocycles. The molecule has 0 radical (unpaired) electrons. The van der Waals surface area contributed by atoms with Crippen molar-refractivity contribution in [1.29, 1.82) is 0 Å². The van der Waals surface area contributed by atoms with Crippen LogP contribution in [0.15, 0.2) is 29.2 Å². The maximum Gasteiger partial charge on any atom is 0.319 e. The maximum absolute atomic E-state index is 12.6. The Hall–Kier alpha value is -1.60. The summed E-state index contributed by atoms with van der Waals surface area (Å²) in [6, 6.07) is 5.95. The van der Waals surface area contributed by atoms with Crippen LogP contribution in [0.4, 0.5) is 10.5 Å². The molecule has 0 aliphatic heterocycles. The SMILES string of the molecule is C[C@H](O)CCNC(=O)Nc1cccc(S(=O)(=O)C2CCCC2)c1. The van der Waals surface area contributed by atoms with Gasteiger partial charge in [0.2, 0.25) is 0 Å². The van der Waals surface area contributed by atoms with Gasteiger partial charge in [-0.3, -0.25) is 0 Å². The Bertz CT molecular complexity index is 637. The van der Waals surface area contributed by atoms with Gasteiger partial charge >= 0.3 is 6.03 Å². The predicted molar refractivity (Wildman–Crippen MR) is 89.2 cm³/mol. The number of amides is 2. The number of anilines is 1. The van der Waals surface area contributed by atoms with E-state index in [1.807, 2.05) is 0 Å². The molecule has 1 fully saturated rings. The van der Waals surface area contributed by atoms with Crippen molar-refractivity contribution >= 4 is 21.6 Å². The molecule has 2 rings (SSSR count). The number of benzene rings is 1. The first-order valence-corrected chi connectivity index (χ1v) is 9.51. The molecule has 0 saturated heterocycles. The molecule has 0 heterocycles. The lowest BCUT2D eigenvalue weighted by Gasteiger charge is -2.13. The average molecular weight is 340 g/mol. The standard InChI is InChI=1S/C16H24N2O4S/c1-12(19)9-10-17-16(20)18-13-5-4-8-15(11-13)23(21,22)14-6-2-3-7-14/h4-5,8,11-12,14,19H,2-3,6-7,9-10H2,1H3,(H2,17,18,20)/t12-/m0/s1. The molecule has 1 aliphatic carbocycles. The summed E-state index contributed by atoms with van der Waals surface area (Å²) in [5.74, 6) is 0. The lowest BCUT2D eigenvalue weighted by atomic mass is 10.3.